The smallest absolute Gasteiger partial charge is 0.201 e. The zero-order valence-corrected chi connectivity index (χ0v) is 21.8. The number of rotatable bonds is 9. The second-order valence-corrected chi connectivity index (χ2v) is 9.74. The van der Waals surface area contributed by atoms with Crippen molar-refractivity contribution in [1.82, 2.24) is 0 Å². The van der Waals surface area contributed by atoms with Crippen molar-refractivity contribution in [3.05, 3.63) is 94.1 Å². The predicted molar refractivity (Wildman–Crippen MR) is 138 cm³/mol. The monoisotopic (exact) mass is 548 g/mol. The molecule has 0 heterocycles. The zero-order valence-electron chi connectivity index (χ0n) is 21.8. The van der Waals surface area contributed by atoms with Crippen LogP contribution in [-0.2, 0) is 6.42 Å². The van der Waals surface area contributed by atoms with E-state index in [1.807, 2.05) is 6.08 Å². The number of hydrogen-bond acceptors (Lipinski definition) is 2. The van der Waals surface area contributed by atoms with E-state index >= 15 is 0 Å². The minimum absolute atomic E-state index is 0.0660. The summed E-state index contributed by atoms with van der Waals surface area (Å²) in [7, 11) is 0. The molecule has 8 heteroatoms. The average molecular weight is 549 g/mol. The number of allylic oxidation sites excluding steroid dienone is 2. The van der Waals surface area contributed by atoms with Gasteiger partial charge in [0, 0.05) is 22.3 Å². The van der Waals surface area contributed by atoms with Gasteiger partial charge in [0.05, 0.1) is 12.7 Å². The summed E-state index contributed by atoms with van der Waals surface area (Å²) in [6.45, 7) is 3.41. The highest BCUT2D eigenvalue weighted by molar-refractivity contribution is 5.68. The summed E-state index contributed by atoms with van der Waals surface area (Å²) < 4.78 is 92.7. The van der Waals surface area contributed by atoms with Crippen LogP contribution in [0.1, 0.15) is 68.7 Å². The first-order valence-electron chi connectivity index (χ1n) is 13.1. The maximum Gasteiger partial charge on any atom is 0.201 e. The van der Waals surface area contributed by atoms with Gasteiger partial charge in [0.2, 0.25) is 5.82 Å². The van der Waals surface area contributed by atoms with Crippen molar-refractivity contribution in [2.75, 3.05) is 6.61 Å². The first-order valence-corrected chi connectivity index (χ1v) is 13.1. The number of ether oxygens (including phenoxy) is 1. The van der Waals surface area contributed by atoms with Crippen molar-refractivity contribution in [2.45, 2.75) is 58.5 Å². The molecule has 0 aliphatic heterocycles. The molecule has 0 saturated carbocycles. The van der Waals surface area contributed by atoms with E-state index < -0.39 is 46.6 Å². The quantitative estimate of drug-likeness (QED) is 0.271. The molecule has 0 amide bonds. The van der Waals surface area contributed by atoms with Crippen LogP contribution >= 0.6 is 0 Å². The summed E-state index contributed by atoms with van der Waals surface area (Å²) in [5, 5.41) is 9.88. The van der Waals surface area contributed by atoms with Gasteiger partial charge in [0.1, 0.15) is 0 Å². The van der Waals surface area contributed by atoms with E-state index in [9.17, 15) is 31.4 Å². The standard InChI is InChI=1S/C31H30F6O2/c1-3-24(38)23-14-13-20(27(33)30(23)36)18-8-5-17(6-9-18)7-10-19-11-12-21(28(34)26(19)32)22-15-16-25(39-4-2)31(37)29(22)35/h8,11-17,24,38H,3-7,9-10H2,1-2H3. The zero-order chi connectivity index (χ0) is 28.3. The molecule has 1 N–H and O–H groups in total. The Labute approximate surface area is 223 Å². The molecular formula is C31H30F6O2. The molecule has 2 unspecified atom stereocenters. The van der Waals surface area contributed by atoms with E-state index in [1.165, 1.54) is 30.3 Å². The van der Waals surface area contributed by atoms with Gasteiger partial charge in [-0.25, -0.2) is 22.0 Å². The summed E-state index contributed by atoms with van der Waals surface area (Å²) in [6, 6.07) is 7.83. The summed E-state index contributed by atoms with van der Waals surface area (Å²) in [5.41, 5.74) is 0.114. The van der Waals surface area contributed by atoms with Crippen LogP contribution in [0.2, 0.25) is 0 Å². The van der Waals surface area contributed by atoms with E-state index in [0.717, 1.165) is 6.07 Å². The van der Waals surface area contributed by atoms with Crippen LogP contribution in [0.4, 0.5) is 26.3 Å². The van der Waals surface area contributed by atoms with Gasteiger partial charge < -0.3 is 9.84 Å². The van der Waals surface area contributed by atoms with E-state index in [-0.39, 0.29) is 53.4 Å². The van der Waals surface area contributed by atoms with Gasteiger partial charge in [-0.1, -0.05) is 37.3 Å². The van der Waals surface area contributed by atoms with Gasteiger partial charge in [-0.15, -0.1) is 0 Å². The van der Waals surface area contributed by atoms with E-state index in [0.29, 0.717) is 31.3 Å². The maximum atomic E-state index is 14.9. The lowest BCUT2D eigenvalue weighted by molar-refractivity contribution is 0.167. The average Bonchev–Trinajstić information content (AvgIpc) is 2.94. The van der Waals surface area contributed by atoms with Gasteiger partial charge in [-0.05, 0) is 74.6 Å². The van der Waals surface area contributed by atoms with Crippen LogP contribution in [0.5, 0.6) is 5.75 Å². The lowest BCUT2D eigenvalue weighted by atomic mass is 9.83. The fourth-order valence-electron chi connectivity index (χ4n) is 5.04. The lowest BCUT2D eigenvalue weighted by Gasteiger charge is -2.23. The summed E-state index contributed by atoms with van der Waals surface area (Å²) in [6.07, 6.45) is 3.51. The number of aliphatic hydroxyl groups is 1. The highest BCUT2D eigenvalue weighted by Crippen LogP contribution is 2.37. The van der Waals surface area contributed by atoms with Crippen LogP contribution in [0, 0.1) is 40.8 Å². The normalized spacial score (nSPS) is 16.2. The van der Waals surface area contributed by atoms with Crippen molar-refractivity contribution >= 4 is 5.57 Å². The van der Waals surface area contributed by atoms with Gasteiger partial charge in [-0.3, -0.25) is 0 Å². The highest BCUT2D eigenvalue weighted by Gasteiger charge is 2.24. The Morgan fingerprint density at radius 2 is 1.44 bits per heavy atom. The van der Waals surface area contributed by atoms with Crippen LogP contribution in [0.15, 0.2) is 42.5 Å². The van der Waals surface area contributed by atoms with Crippen LogP contribution in [0.25, 0.3) is 16.7 Å². The molecule has 2 nitrogen and oxygen atoms in total. The Hall–Kier alpha value is -3.26. The Morgan fingerprint density at radius 1 is 0.795 bits per heavy atom. The number of hydrogen-bond donors (Lipinski definition) is 1. The number of aliphatic hydroxyl groups excluding tert-OH is 1. The van der Waals surface area contributed by atoms with E-state index in [2.05, 4.69) is 0 Å². The molecule has 39 heavy (non-hydrogen) atoms. The molecule has 2 atom stereocenters. The molecule has 0 fully saturated rings. The highest BCUT2D eigenvalue weighted by atomic mass is 19.2. The molecule has 0 radical (unpaired) electrons. The summed E-state index contributed by atoms with van der Waals surface area (Å²) >= 11 is 0. The topological polar surface area (TPSA) is 29.5 Å². The number of aryl methyl sites for hydroxylation is 1. The molecular weight excluding hydrogens is 518 g/mol. The van der Waals surface area contributed by atoms with Crippen molar-refractivity contribution < 1.29 is 36.2 Å². The van der Waals surface area contributed by atoms with Gasteiger partial charge in [0.25, 0.3) is 0 Å². The minimum Gasteiger partial charge on any atom is -0.491 e. The van der Waals surface area contributed by atoms with Gasteiger partial charge >= 0.3 is 0 Å². The second kappa shape index (κ2) is 12.3. The second-order valence-electron chi connectivity index (χ2n) is 9.74. The summed E-state index contributed by atoms with van der Waals surface area (Å²) in [4.78, 5) is 0. The van der Waals surface area contributed by atoms with Gasteiger partial charge in [-0.2, -0.15) is 4.39 Å². The van der Waals surface area contributed by atoms with Crippen molar-refractivity contribution in [2.24, 2.45) is 5.92 Å². The first-order chi connectivity index (χ1) is 18.7. The first kappa shape index (κ1) is 28.7. The molecule has 0 spiro atoms. The molecule has 4 rings (SSSR count). The molecule has 3 aromatic rings. The number of benzene rings is 3. The Bertz CT molecular complexity index is 1380. The Balaban J connectivity index is 1.44. The predicted octanol–water partition coefficient (Wildman–Crippen LogP) is 8.85. The molecule has 0 saturated heterocycles. The molecule has 3 aromatic carbocycles. The molecule has 1 aliphatic rings. The third-order valence-corrected chi connectivity index (χ3v) is 7.34. The SMILES string of the molecule is CCOc1ccc(-c2ccc(CCC3CC=C(c4ccc(C(O)CC)c(F)c4F)CC3)c(F)c2F)c(F)c1F. The third-order valence-electron chi connectivity index (χ3n) is 7.34. The molecule has 0 bridgehead atoms. The van der Waals surface area contributed by atoms with E-state index in [4.69, 9.17) is 4.74 Å². The van der Waals surface area contributed by atoms with Crippen molar-refractivity contribution in [1.29, 1.82) is 0 Å². The van der Waals surface area contributed by atoms with Crippen LogP contribution in [0.3, 0.4) is 0 Å². The lowest BCUT2D eigenvalue weighted by Crippen LogP contribution is -2.10. The van der Waals surface area contributed by atoms with Crippen molar-refractivity contribution in [3.8, 4) is 16.9 Å². The summed E-state index contributed by atoms with van der Waals surface area (Å²) in [5.74, 6) is -7.15. The minimum atomic E-state index is -1.32. The van der Waals surface area contributed by atoms with Crippen molar-refractivity contribution in [3.63, 3.8) is 0 Å². The largest absolute Gasteiger partial charge is 0.491 e. The van der Waals surface area contributed by atoms with Crippen LogP contribution in [-0.4, -0.2) is 11.7 Å². The fourth-order valence-corrected chi connectivity index (χ4v) is 5.04. The fraction of sp³-hybridized carbons (Fsp3) is 0.355. The Kier molecular flexibility index (Phi) is 9.05. The maximum absolute atomic E-state index is 14.9. The Morgan fingerprint density at radius 3 is 2.08 bits per heavy atom. The van der Waals surface area contributed by atoms with E-state index in [1.54, 1.807) is 13.8 Å². The van der Waals surface area contributed by atoms with Crippen LogP contribution < -0.4 is 4.74 Å². The third kappa shape index (κ3) is 5.86. The molecule has 1 aliphatic carbocycles. The molecule has 208 valence electrons. The molecule has 0 aromatic heterocycles. The van der Waals surface area contributed by atoms with Gasteiger partial charge in [0.15, 0.2) is 34.8 Å². The number of halogens is 6.